The third kappa shape index (κ3) is 25.2. The van der Waals surface area contributed by atoms with Gasteiger partial charge in [-0.3, -0.25) is 10.1 Å². The van der Waals surface area contributed by atoms with E-state index in [1.54, 1.807) is 0 Å². The quantitative estimate of drug-likeness (QED) is 0.0431. The van der Waals surface area contributed by atoms with Crippen LogP contribution in [0.4, 0.5) is 0 Å². The highest BCUT2D eigenvalue weighted by Crippen LogP contribution is 2.13. The molecule has 4 heteroatoms. The van der Waals surface area contributed by atoms with Crippen LogP contribution < -0.4 is 10.6 Å². The number of unbranched alkanes of at least 4 members (excludes halogenated alkanes) is 23. The molecule has 4 nitrogen and oxygen atoms in total. The Morgan fingerprint density at radius 2 is 1.00 bits per heavy atom. The molecule has 1 heterocycles. The van der Waals surface area contributed by atoms with Crippen LogP contribution >= 0.6 is 0 Å². The van der Waals surface area contributed by atoms with E-state index in [1.165, 1.54) is 173 Å². The molecule has 1 aliphatic rings. The Morgan fingerprint density at radius 1 is 0.600 bits per heavy atom. The van der Waals surface area contributed by atoms with Gasteiger partial charge in [-0.15, -0.1) is 0 Å². The molecule has 0 saturated heterocycles. The monoisotopic (exact) mass is 629 g/mol. The number of hydrogen-bond acceptors (Lipinski definition) is 2. The van der Waals surface area contributed by atoms with Crippen LogP contribution in [-0.2, 0) is 4.79 Å². The molecule has 2 N–H and O–H groups in total. The highest BCUT2D eigenvalue weighted by atomic mass is 16.1. The maximum Gasteiger partial charge on any atom is 0.246 e. The average molecular weight is 629 g/mol. The molecule has 0 radical (unpaired) electrons. The summed E-state index contributed by atoms with van der Waals surface area (Å²) in [5, 5.41) is 6.91. The summed E-state index contributed by atoms with van der Waals surface area (Å²) in [5.41, 5.74) is 0. The van der Waals surface area contributed by atoms with E-state index in [1.807, 2.05) is 0 Å². The first-order chi connectivity index (χ1) is 22.2. The van der Waals surface area contributed by atoms with Crippen molar-refractivity contribution in [3.63, 3.8) is 0 Å². The van der Waals surface area contributed by atoms with E-state index < -0.39 is 0 Å². The summed E-state index contributed by atoms with van der Waals surface area (Å²) in [6.07, 6.45) is 47.1. The fourth-order valence-electron chi connectivity index (χ4n) is 6.54. The number of likely N-dealkylation sites (N-methyl/N-ethyl adjacent to an activating group) is 1. The largest absolute Gasteiger partial charge is 0.314 e. The summed E-state index contributed by atoms with van der Waals surface area (Å²) >= 11 is 0. The minimum absolute atomic E-state index is 0.120. The summed E-state index contributed by atoms with van der Waals surface area (Å²) in [4.78, 5) is 12.6. The Bertz CT molecular complexity index is 756. The fourth-order valence-corrected chi connectivity index (χ4v) is 6.54. The van der Waals surface area contributed by atoms with Crippen LogP contribution in [0.2, 0.25) is 0 Å². The molecule has 0 spiro atoms. The van der Waals surface area contributed by atoms with Crippen molar-refractivity contribution in [2.75, 3.05) is 13.1 Å². The molecule has 0 aromatic rings. The number of hydrogen-bond donors (Lipinski definition) is 2. The van der Waals surface area contributed by atoms with Crippen LogP contribution in [0.25, 0.3) is 0 Å². The van der Waals surface area contributed by atoms with Crippen molar-refractivity contribution in [2.24, 2.45) is 0 Å². The van der Waals surface area contributed by atoms with Crippen molar-refractivity contribution in [2.45, 2.75) is 213 Å². The third-order valence-electron chi connectivity index (χ3n) is 9.48. The normalized spacial score (nSPS) is 15.1. The lowest BCUT2D eigenvalue weighted by atomic mass is 10.1. The SMILES string of the molecule is CCCCCCCC/C=C\CCCCCCCCC1=[N+](CC)C(NC(=O)CCCCCCC/C=C\CCCCCCCC)CN1. The molecule has 0 aromatic carbocycles. The lowest BCUT2D eigenvalue weighted by molar-refractivity contribution is -0.557. The number of allylic oxidation sites excluding steroid dienone is 4. The first-order valence-corrected chi connectivity index (χ1v) is 20.2. The third-order valence-corrected chi connectivity index (χ3v) is 9.48. The smallest absolute Gasteiger partial charge is 0.246 e. The van der Waals surface area contributed by atoms with E-state index in [9.17, 15) is 4.79 Å². The number of amides is 1. The minimum Gasteiger partial charge on any atom is -0.314 e. The average Bonchev–Trinajstić information content (AvgIpc) is 3.43. The van der Waals surface area contributed by atoms with E-state index in [0.29, 0.717) is 6.42 Å². The van der Waals surface area contributed by atoms with Gasteiger partial charge in [0.2, 0.25) is 17.9 Å². The second-order valence-corrected chi connectivity index (χ2v) is 13.7. The number of amidine groups is 1. The Morgan fingerprint density at radius 3 is 1.44 bits per heavy atom. The Hall–Kier alpha value is -1.58. The zero-order valence-electron chi connectivity index (χ0n) is 30.7. The summed E-state index contributed by atoms with van der Waals surface area (Å²) in [5.74, 6) is 1.55. The summed E-state index contributed by atoms with van der Waals surface area (Å²) in [7, 11) is 0. The van der Waals surface area contributed by atoms with Gasteiger partial charge in [-0.2, -0.15) is 0 Å². The van der Waals surface area contributed by atoms with Gasteiger partial charge in [0.25, 0.3) is 0 Å². The van der Waals surface area contributed by atoms with Crippen LogP contribution in [-0.4, -0.2) is 35.6 Å². The molecule has 0 bridgehead atoms. The van der Waals surface area contributed by atoms with E-state index in [0.717, 1.165) is 25.9 Å². The summed E-state index contributed by atoms with van der Waals surface area (Å²) in [6.45, 7) is 8.57. The number of nitrogens with zero attached hydrogens (tertiary/aromatic N) is 1. The van der Waals surface area contributed by atoms with Gasteiger partial charge in [-0.1, -0.05) is 147 Å². The van der Waals surface area contributed by atoms with Crippen molar-refractivity contribution in [3.05, 3.63) is 24.3 Å². The van der Waals surface area contributed by atoms with Gasteiger partial charge in [0.05, 0.1) is 6.54 Å². The molecular formula is C41H78N3O+. The maximum absolute atomic E-state index is 12.6. The molecule has 1 amide bonds. The summed E-state index contributed by atoms with van der Waals surface area (Å²) < 4.78 is 2.38. The molecule has 1 aliphatic heterocycles. The van der Waals surface area contributed by atoms with Crippen LogP contribution in [0.1, 0.15) is 207 Å². The number of rotatable bonds is 33. The van der Waals surface area contributed by atoms with E-state index >= 15 is 0 Å². The van der Waals surface area contributed by atoms with Crippen LogP contribution in [0.3, 0.4) is 0 Å². The number of carbonyl (C=O) groups is 1. The molecular weight excluding hydrogens is 550 g/mol. The fraction of sp³-hybridized carbons (Fsp3) is 0.854. The molecule has 0 saturated carbocycles. The zero-order valence-corrected chi connectivity index (χ0v) is 30.7. The molecule has 262 valence electrons. The number of carbonyl (C=O) groups excluding carboxylic acids is 1. The van der Waals surface area contributed by atoms with Gasteiger partial charge in [0.15, 0.2) is 0 Å². The van der Waals surface area contributed by atoms with Gasteiger partial charge in [-0.25, -0.2) is 4.58 Å². The van der Waals surface area contributed by atoms with Gasteiger partial charge in [0, 0.05) is 12.8 Å². The molecule has 0 aromatic heterocycles. The second kappa shape index (κ2) is 32.4. The highest BCUT2D eigenvalue weighted by molar-refractivity contribution is 5.80. The molecule has 1 unspecified atom stereocenters. The predicted octanol–water partition coefficient (Wildman–Crippen LogP) is 11.9. The Kier molecular flexibility index (Phi) is 29.8. The lowest BCUT2D eigenvalue weighted by Gasteiger charge is -2.13. The van der Waals surface area contributed by atoms with Gasteiger partial charge in [-0.05, 0) is 71.1 Å². The van der Waals surface area contributed by atoms with E-state index in [4.69, 9.17) is 0 Å². The summed E-state index contributed by atoms with van der Waals surface area (Å²) in [6, 6.07) is 0. The van der Waals surface area contributed by atoms with Crippen LogP contribution in [0, 0.1) is 0 Å². The van der Waals surface area contributed by atoms with E-state index in [2.05, 4.69) is 60.3 Å². The first kappa shape index (κ1) is 41.4. The van der Waals surface area contributed by atoms with Crippen LogP contribution in [0.5, 0.6) is 0 Å². The molecule has 0 fully saturated rings. The topological polar surface area (TPSA) is 44.1 Å². The maximum atomic E-state index is 12.6. The molecule has 1 atom stereocenters. The second-order valence-electron chi connectivity index (χ2n) is 13.7. The van der Waals surface area contributed by atoms with Crippen molar-refractivity contribution >= 4 is 11.7 Å². The highest BCUT2D eigenvalue weighted by Gasteiger charge is 2.30. The predicted molar refractivity (Wildman–Crippen MR) is 199 cm³/mol. The van der Waals surface area contributed by atoms with Crippen molar-refractivity contribution < 1.29 is 9.37 Å². The van der Waals surface area contributed by atoms with Gasteiger partial charge < -0.3 is 5.32 Å². The first-order valence-electron chi connectivity index (χ1n) is 20.2. The van der Waals surface area contributed by atoms with E-state index in [-0.39, 0.29) is 12.1 Å². The standard InChI is InChI=1S/C41H77N3O/c1-4-7-9-11-13-15-17-19-21-23-24-26-28-30-32-34-36-39-42-38-40(44(39)6-3)43-41(45)37-35-33-31-29-27-25-22-20-18-16-14-12-10-8-5-2/h19-22,40H,4-18,23-38H2,1-3H3,(H,43,45)/p+1/b21-19-,22-20-. The van der Waals surface area contributed by atoms with Crippen molar-refractivity contribution in [3.8, 4) is 0 Å². The van der Waals surface area contributed by atoms with Crippen LogP contribution in [0.15, 0.2) is 24.3 Å². The minimum atomic E-state index is 0.120. The van der Waals surface area contributed by atoms with Gasteiger partial charge in [0.1, 0.15) is 6.54 Å². The molecule has 45 heavy (non-hydrogen) atoms. The Balaban J connectivity index is 1.99. The zero-order chi connectivity index (χ0) is 32.5. The lowest BCUT2D eigenvalue weighted by Crippen LogP contribution is -2.43. The van der Waals surface area contributed by atoms with Crippen molar-refractivity contribution in [1.82, 2.24) is 10.6 Å². The molecule has 1 rings (SSSR count). The molecule has 0 aliphatic carbocycles. The van der Waals surface area contributed by atoms with Crippen molar-refractivity contribution in [1.29, 1.82) is 0 Å². The van der Waals surface area contributed by atoms with Gasteiger partial charge >= 0.3 is 0 Å². The Labute approximate surface area is 281 Å². The number of nitrogens with one attached hydrogen (secondary N) is 2.